The van der Waals surface area contributed by atoms with Crippen LogP contribution in [0.1, 0.15) is 47.4 Å². The molecule has 25 heavy (non-hydrogen) atoms. The number of hydrogen-bond donors (Lipinski definition) is 0. The molecule has 0 N–H and O–H groups in total. The Labute approximate surface area is 147 Å². The molecule has 0 atom stereocenters. The molecule has 0 amide bonds. The summed E-state index contributed by atoms with van der Waals surface area (Å²) in [5.41, 5.74) is 4.55. The summed E-state index contributed by atoms with van der Waals surface area (Å²) in [6.07, 6.45) is 2.37. The number of hydrogen-bond acceptors (Lipinski definition) is 5. The Morgan fingerprint density at radius 3 is 2.64 bits per heavy atom. The lowest BCUT2D eigenvalue weighted by molar-refractivity contribution is 0.259. The van der Waals surface area contributed by atoms with Crippen molar-refractivity contribution in [2.45, 2.75) is 45.7 Å². The van der Waals surface area contributed by atoms with Gasteiger partial charge in [-0.1, -0.05) is 23.4 Å². The Hall–Kier alpha value is -2.47. The second kappa shape index (κ2) is 6.44. The first kappa shape index (κ1) is 16.0. The van der Waals surface area contributed by atoms with Crippen molar-refractivity contribution in [2.24, 2.45) is 0 Å². The summed E-state index contributed by atoms with van der Waals surface area (Å²) in [5, 5.41) is 8.80. The zero-order valence-corrected chi connectivity index (χ0v) is 14.9. The Morgan fingerprint density at radius 1 is 1.16 bits per heavy atom. The highest BCUT2D eigenvalue weighted by Crippen LogP contribution is 2.38. The first-order valence-corrected chi connectivity index (χ1v) is 8.73. The van der Waals surface area contributed by atoms with E-state index >= 15 is 0 Å². The van der Waals surface area contributed by atoms with E-state index < -0.39 is 0 Å². The molecule has 0 spiro atoms. The Balaban J connectivity index is 1.48. The molecule has 0 saturated heterocycles. The lowest BCUT2D eigenvalue weighted by Crippen LogP contribution is -2.18. The van der Waals surface area contributed by atoms with E-state index in [4.69, 9.17) is 9.62 Å². The number of aryl methyl sites for hydroxylation is 1. The van der Waals surface area contributed by atoms with Crippen molar-refractivity contribution < 1.29 is 4.52 Å². The van der Waals surface area contributed by atoms with Crippen LogP contribution in [0, 0.1) is 13.8 Å². The van der Waals surface area contributed by atoms with Gasteiger partial charge >= 0.3 is 0 Å². The Bertz CT molecular complexity index is 863. The van der Waals surface area contributed by atoms with Crippen LogP contribution in [0.25, 0.3) is 5.69 Å². The second-order valence-electron chi connectivity index (χ2n) is 6.89. The van der Waals surface area contributed by atoms with Crippen molar-refractivity contribution in [3.05, 3.63) is 59.0 Å². The van der Waals surface area contributed by atoms with E-state index in [2.05, 4.69) is 48.1 Å². The third kappa shape index (κ3) is 3.35. The number of nitrogens with zero attached hydrogens (tertiary/aromatic N) is 5. The molecule has 2 heterocycles. The number of rotatable bonds is 6. The van der Waals surface area contributed by atoms with Crippen LogP contribution in [0.5, 0.6) is 0 Å². The zero-order chi connectivity index (χ0) is 17.4. The smallest absolute Gasteiger partial charge is 0.240 e. The molecule has 0 radical (unpaired) electrons. The summed E-state index contributed by atoms with van der Waals surface area (Å²) in [6.45, 7) is 5.63. The summed E-state index contributed by atoms with van der Waals surface area (Å²) >= 11 is 0. The lowest BCUT2D eigenvalue weighted by Gasteiger charge is -2.14. The first-order chi connectivity index (χ1) is 12.1. The fourth-order valence-electron chi connectivity index (χ4n) is 3.12. The van der Waals surface area contributed by atoms with Crippen LogP contribution in [0.15, 0.2) is 34.9 Å². The second-order valence-corrected chi connectivity index (χ2v) is 6.89. The molecule has 6 nitrogen and oxygen atoms in total. The number of benzene rings is 1. The largest absolute Gasteiger partial charge is 0.338 e. The fourth-order valence-corrected chi connectivity index (χ4v) is 3.12. The molecule has 1 aliphatic carbocycles. The SMILES string of the molecule is Cc1nn(-c2ccccc2)c(C)c1CN(C)Cc1nc(C2CC2)no1. The Morgan fingerprint density at radius 2 is 1.92 bits per heavy atom. The summed E-state index contributed by atoms with van der Waals surface area (Å²) in [6, 6.07) is 10.2. The van der Waals surface area contributed by atoms with Gasteiger partial charge in [-0.05, 0) is 45.9 Å². The van der Waals surface area contributed by atoms with Gasteiger partial charge in [0.1, 0.15) is 0 Å². The standard InChI is InChI=1S/C19H23N5O/c1-13-17(14(2)24(21-13)16-7-5-4-6-8-16)11-23(3)12-18-20-19(22-25-18)15-9-10-15/h4-8,15H,9-12H2,1-3H3. The molecule has 6 heteroatoms. The highest BCUT2D eigenvalue weighted by atomic mass is 16.5. The minimum absolute atomic E-state index is 0.524. The molecule has 0 aliphatic heterocycles. The van der Waals surface area contributed by atoms with E-state index in [0.29, 0.717) is 18.4 Å². The van der Waals surface area contributed by atoms with Gasteiger partial charge in [-0.25, -0.2) is 4.68 Å². The Kier molecular flexibility index (Phi) is 4.13. The van der Waals surface area contributed by atoms with Crippen LogP contribution in [-0.4, -0.2) is 31.9 Å². The molecule has 0 unspecified atom stereocenters. The highest BCUT2D eigenvalue weighted by Gasteiger charge is 2.29. The quantitative estimate of drug-likeness (QED) is 0.690. The molecule has 1 aromatic carbocycles. The van der Waals surface area contributed by atoms with Gasteiger partial charge in [0, 0.05) is 23.7 Å². The van der Waals surface area contributed by atoms with Gasteiger partial charge < -0.3 is 4.52 Å². The monoisotopic (exact) mass is 337 g/mol. The maximum Gasteiger partial charge on any atom is 0.240 e. The fraction of sp³-hybridized carbons (Fsp3) is 0.421. The van der Waals surface area contributed by atoms with Crippen LogP contribution >= 0.6 is 0 Å². The van der Waals surface area contributed by atoms with Crippen molar-refractivity contribution in [2.75, 3.05) is 7.05 Å². The maximum atomic E-state index is 5.39. The lowest BCUT2D eigenvalue weighted by atomic mass is 10.2. The summed E-state index contributed by atoms with van der Waals surface area (Å²) in [4.78, 5) is 6.70. The van der Waals surface area contributed by atoms with Crippen LogP contribution in [0.3, 0.4) is 0 Å². The maximum absolute atomic E-state index is 5.39. The van der Waals surface area contributed by atoms with Gasteiger partial charge in [-0.2, -0.15) is 10.1 Å². The van der Waals surface area contributed by atoms with Crippen LogP contribution in [0.4, 0.5) is 0 Å². The summed E-state index contributed by atoms with van der Waals surface area (Å²) in [7, 11) is 2.07. The number of para-hydroxylation sites is 1. The van der Waals surface area contributed by atoms with E-state index in [1.165, 1.54) is 24.1 Å². The van der Waals surface area contributed by atoms with Gasteiger partial charge in [-0.15, -0.1) is 0 Å². The van der Waals surface area contributed by atoms with Gasteiger partial charge in [0.05, 0.1) is 17.9 Å². The molecular formula is C19H23N5O. The normalized spacial score (nSPS) is 14.4. The van der Waals surface area contributed by atoms with E-state index in [1.807, 2.05) is 22.9 Å². The summed E-state index contributed by atoms with van der Waals surface area (Å²) in [5.74, 6) is 2.08. The zero-order valence-electron chi connectivity index (χ0n) is 14.9. The molecule has 0 bridgehead atoms. The first-order valence-electron chi connectivity index (χ1n) is 8.73. The van der Waals surface area contributed by atoms with Gasteiger partial charge in [0.25, 0.3) is 0 Å². The van der Waals surface area contributed by atoms with E-state index in [-0.39, 0.29) is 0 Å². The van der Waals surface area contributed by atoms with E-state index in [0.717, 1.165) is 23.8 Å². The molecule has 1 aliphatic rings. The topological polar surface area (TPSA) is 60.0 Å². The van der Waals surface area contributed by atoms with Crippen molar-refractivity contribution in [3.8, 4) is 5.69 Å². The molecule has 4 rings (SSSR count). The van der Waals surface area contributed by atoms with Crippen molar-refractivity contribution in [1.82, 2.24) is 24.8 Å². The average Bonchev–Trinajstić information content (AvgIpc) is 3.31. The van der Waals surface area contributed by atoms with Crippen molar-refractivity contribution in [3.63, 3.8) is 0 Å². The third-order valence-corrected chi connectivity index (χ3v) is 4.70. The van der Waals surface area contributed by atoms with Crippen molar-refractivity contribution >= 4 is 0 Å². The molecular weight excluding hydrogens is 314 g/mol. The molecule has 3 aromatic rings. The average molecular weight is 337 g/mol. The predicted molar refractivity (Wildman–Crippen MR) is 94.5 cm³/mol. The third-order valence-electron chi connectivity index (χ3n) is 4.70. The van der Waals surface area contributed by atoms with E-state index in [9.17, 15) is 0 Å². The van der Waals surface area contributed by atoms with E-state index in [1.54, 1.807) is 0 Å². The molecule has 1 fully saturated rings. The van der Waals surface area contributed by atoms with Crippen LogP contribution < -0.4 is 0 Å². The van der Waals surface area contributed by atoms with Crippen LogP contribution in [0.2, 0.25) is 0 Å². The van der Waals surface area contributed by atoms with Gasteiger partial charge in [0.2, 0.25) is 5.89 Å². The van der Waals surface area contributed by atoms with Crippen molar-refractivity contribution in [1.29, 1.82) is 0 Å². The minimum Gasteiger partial charge on any atom is -0.338 e. The van der Waals surface area contributed by atoms with Crippen LogP contribution in [-0.2, 0) is 13.1 Å². The number of aromatic nitrogens is 4. The minimum atomic E-state index is 0.524. The highest BCUT2D eigenvalue weighted by molar-refractivity contribution is 5.36. The van der Waals surface area contributed by atoms with Gasteiger partial charge in [0.15, 0.2) is 5.82 Å². The predicted octanol–water partition coefficient (Wildman–Crippen LogP) is 3.38. The molecule has 2 aromatic heterocycles. The van der Waals surface area contributed by atoms with Gasteiger partial charge in [-0.3, -0.25) is 4.90 Å². The molecule has 130 valence electrons. The molecule has 1 saturated carbocycles. The summed E-state index contributed by atoms with van der Waals surface area (Å²) < 4.78 is 7.40.